The number of amides is 4. The number of hydrogen-bond acceptors (Lipinski definition) is 4. The Morgan fingerprint density at radius 3 is 2.31 bits per heavy atom. The van der Waals surface area contributed by atoms with Gasteiger partial charge < -0.3 is 4.74 Å². The van der Waals surface area contributed by atoms with Crippen molar-refractivity contribution in [2.45, 2.75) is 19.8 Å². The highest BCUT2D eigenvalue weighted by molar-refractivity contribution is 6.19. The number of rotatable bonds is 5. The highest BCUT2D eigenvalue weighted by atomic mass is 16.5. The molecule has 1 aliphatic heterocycles. The molecule has 1 saturated heterocycles. The molecular formula is C10H14N2O4. The summed E-state index contributed by atoms with van der Waals surface area (Å²) in [6.07, 6.45) is 1.76. The number of barbiturate groups is 1. The highest BCUT2D eigenvalue weighted by Gasteiger charge is 2.48. The first-order valence-electron chi connectivity index (χ1n) is 4.96. The van der Waals surface area contributed by atoms with E-state index < -0.39 is 23.3 Å². The molecule has 0 saturated carbocycles. The SMILES string of the molecule is C=COCCC1(CC)C(=O)NC(=O)NC1=O. The monoisotopic (exact) mass is 226 g/mol. The molecule has 6 heteroatoms. The van der Waals surface area contributed by atoms with Gasteiger partial charge in [-0.15, -0.1) is 0 Å². The van der Waals surface area contributed by atoms with E-state index in [9.17, 15) is 14.4 Å². The van der Waals surface area contributed by atoms with Gasteiger partial charge in [-0.25, -0.2) is 4.79 Å². The predicted molar refractivity (Wildman–Crippen MR) is 55.2 cm³/mol. The number of ether oxygens (including phenoxy) is 1. The summed E-state index contributed by atoms with van der Waals surface area (Å²) >= 11 is 0. The molecule has 0 radical (unpaired) electrons. The Hall–Kier alpha value is -1.85. The second kappa shape index (κ2) is 4.78. The quantitative estimate of drug-likeness (QED) is 0.401. The molecule has 88 valence electrons. The van der Waals surface area contributed by atoms with Gasteiger partial charge >= 0.3 is 6.03 Å². The van der Waals surface area contributed by atoms with Crippen molar-refractivity contribution >= 4 is 17.8 Å². The zero-order valence-corrected chi connectivity index (χ0v) is 9.04. The first-order chi connectivity index (χ1) is 7.56. The number of hydrogen-bond donors (Lipinski definition) is 2. The molecule has 1 aliphatic rings. The van der Waals surface area contributed by atoms with Crippen LogP contribution in [0.2, 0.25) is 0 Å². The minimum absolute atomic E-state index is 0.201. The van der Waals surface area contributed by atoms with E-state index in [1.807, 2.05) is 0 Å². The molecule has 0 unspecified atom stereocenters. The molecule has 1 rings (SSSR count). The Morgan fingerprint density at radius 1 is 1.31 bits per heavy atom. The van der Waals surface area contributed by atoms with Gasteiger partial charge in [-0.05, 0) is 6.42 Å². The number of nitrogens with one attached hydrogen (secondary N) is 2. The second-order valence-electron chi connectivity index (χ2n) is 3.46. The van der Waals surface area contributed by atoms with Gasteiger partial charge in [0.15, 0.2) is 0 Å². The molecule has 1 heterocycles. The van der Waals surface area contributed by atoms with E-state index in [0.29, 0.717) is 6.42 Å². The van der Waals surface area contributed by atoms with Crippen molar-refractivity contribution in [1.82, 2.24) is 10.6 Å². The zero-order chi connectivity index (χ0) is 12.2. The van der Waals surface area contributed by atoms with Gasteiger partial charge in [-0.1, -0.05) is 13.5 Å². The summed E-state index contributed by atoms with van der Waals surface area (Å²) in [5, 5.41) is 4.17. The fourth-order valence-corrected chi connectivity index (χ4v) is 1.62. The van der Waals surface area contributed by atoms with Crippen LogP contribution < -0.4 is 10.6 Å². The van der Waals surface area contributed by atoms with Crippen LogP contribution in [0.5, 0.6) is 0 Å². The summed E-state index contributed by atoms with van der Waals surface area (Å²) in [7, 11) is 0. The van der Waals surface area contributed by atoms with E-state index in [1.54, 1.807) is 6.92 Å². The molecule has 1 fully saturated rings. The van der Waals surface area contributed by atoms with Gasteiger partial charge in [-0.2, -0.15) is 0 Å². The van der Waals surface area contributed by atoms with Crippen molar-refractivity contribution in [3.63, 3.8) is 0 Å². The molecular weight excluding hydrogens is 212 g/mol. The van der Waals surface area contributed by atoms with Gasteiger partial charge in [0.1, 0.15) is 5.41 Å². The van der Waals surface area contributed by atoms with E-state index in [-0.39, 0.29) is 13.0 Å². The van der Waals surface area contributed by atoms with E-state index in [4.69, 9.17) is 4.74 Å². The highest BCUT2D eigenvalue weighted by Crippen LogP contribution is 2.29. The minimum atomic E-state index is -1.23. The molecule has 0 aromatic carbocycles. The molecule has 0 bridgehead atoms. The zero-order valence-electron chi connectivity index (χ0n) is 9.04. The van der Waals surface area contributed by atoms with E-state index >= 15 is 0 Å². The number of urea groups is 1. The van der Waals surface area contributed by atoms with Crippen molar-refractivity contribution < 1.29 is 19.1 Å². The normalized spacial score (nSPS) is 18.7. The average Bonchev–Trinajstić information content (AvgIpc) is 2.22. The van der Waals surface area contributed by atoms with Crippen molar-refractivity contribution in [2.24, 2.45) is 5.41 Å². The Balaban J connectivity index is 2.83. The number of imide groups is 2. The first-order valence-corrected chi connectivity index (χ1v) is 4.96. The maximum Gasteiger partial charge on any atom is 0.328 e. The van der Waals surface area contributed by atoms with E-state index in [1.165, 1.54) is 6.26 Å². The minimum Gasteiger partial charge on any atom is -0.502 e. The molecule has 16 heavy (non-hydrogen) atoms. The molecule has 0 atom stereocenters. The average molecular weight is 226 g/mol. The van der Waals surface area contributed by atoms with Crippen LogP contribution in [0.4, 0.5) is 4.79 Å². The van der Waals surface area contributed by atoms with Crippen molar-refractivity contribution in [3.8, 4) is 0 Å². The maximum atomic E-state index is 11.7. The molecule has 0 spiro atoms. The third-order valence-corrected chi connectivity index (χ3v) is 2.69. The second-order valence-corrected chi connectivity index (χ2v) is 3.46. The Kier molecular flexibility index (Phi) is 3.65. The van der Waals surface area contributed by atoms with Gasteiger partial charge in [0.05, 0.1) is 12.9 Å². The van der Waals surface area contributed by atoms with Crippen LogP contribution in [0.3, 0.4) is 0 Å². The fourth-order valence-electron chi connectivity index (χ4n) is 1.62. The van der Waals surface area contributed by atoms with Gasteiger partial charge in [0.25, 0.3) is 0 Å². The lowest BCUT2D eigenvalue weighted by Crippen LogP contribution is -2.62. The van der Waals surface area contributed by atoms with Gasteiger partial charge in [0.2, 0.25) is 11.8 Å². The van der Waals surface area contributed by atoms with E-state index in [2.05, 4.69) is 17.2 Å². The Morgan fingerprint density at radius 2 is 1.88 bits per heavy atom. The first kappa shape index (κ1) is 12.2. The van der Waals surface area contributed by atoms with Crippen LogP contribution >= 0.6 is 0 Å². The Labute approximate surface area is 93.0 Å². The molecule has 6 nitrogen and oxygen atoms in total. The van der Waals surface area contributed by atoms with Crippen LogP contribution in [-0.2, 0) is 14.3 Å². The smallest absolute Gasteiger partial charge is 0.328 e. The van der Waals surface area contributed by atoms with Crippen LogP contribution in [0.25, 0.3) is 0 Å². The van der Waals surface area contributed by atoms with Gasteiger partial charge in [-0.3, -0.25) is 20.2 Å². The third kappa shape index (κ3) is 2.05. The van der Waals surface area contributed by atoms with E-state index in [0.717, 1.165) is 0 Å². The molecule has 0 aromatic rings. The number of carbonyl (C=O) groups is 3. The molecule has 2 N–H and O–H groups in total. The largest absolute Gasteiger partial charge is 0.502 e. The lowest BCUT2D eigenvalue weighted by Gasteiger charge is -2.32. The number of carbonyl (C=O) groups excluding carboxylic acids is 3. The third-order valence-electron chi connectivity index (χ3n) is 2.69. The standard InChI is InChI=1S/C10H14N2O4/c1-3-10(5-6-16-4-2)7(13)11-9(15)12-8(10)14/h4H,2-3,5-6H2,1H3,(H2,11,12,13,14,15). The van der Waals surface area contributed by atoms with Crippen LogP contribution in [-0.4, -0.2) is 24.5 Å². The summed E-state index contributed by atoms with van der Waals surface area (Å²) in [5.74, 6) is -1.15. The predicted octanol–water partition coefficient (Wildman–Crippen LogP) is 0.299. The maximum absolute atomic E-state index is 11.7. The lowest BCUT2D eigenvalue weighted by molar-refractivity contribution is -0.145. The Bertz CT molecular complexity index is 318. The summed E-state index contributed by atoms with van der Waals surface area (Å²) in [6.45, 7) is 5.28. The summed E-state index contributed by atoms with van der Waals surface area (Å²) in [6, 6.07) is -0.774. The van der Waals surface area contributed by atoms with Crippen molar-refractivity contribution in [1.29, 1.82) is 0 Å². The molecule has 0 aliphatic carbocycles. The van der Waals surface area contributed by atoms with Crippen LogP contribution in [0.15, 0.2) is 12.8 Å². The summed E-state index contributed by atoms with van der Waals surface area (Å²) in [4.78, 5) is 34.3. The van der Waals surface area contributed by atoms with Gasteiger partial charge in [0, 0.05) is 6.42 Å². The molecule has 4 amide bonds. The van der Waals surface area contributed by atoms with Crippen LogP contribution in [0.1, 0.15) is 19.8 Å². The van der Waals surface area contributed by atoms with Crippen molar-refractivity contribution in [3.05, 3.63) is 12.8 Å². The molecule has 0 aromatic heterocycles. The lowest BCUT2D eigenvalue weighted by atomic mass is 9.79. The van der Waals surface area contributed by atoms with Crippen LogP contribution in [0, 0.1) is 5.41 Å². The fraction of sp³-hybridized carbons (Fsp3) is 0.500. The topological polar surface area (TPSA) is 84.5 Å². The van der Waals surface area contributed by atoms with Crippen molar-refractivity contribution in [2.75, 3.05) is 6.61 Å². The summed E-state index contributed by atoms with van der Waals surface area (Å²) in [5.41, 5.74) is -1.23. The summed E-state index contributed by atoms with van der Waals surface area (Å²) < 4.78 is 4.91.